The summed E-state index contributed by atoms with van der Waals surface area (Å²) in [6.07, 6.45) is -18.1. The van der Waals surface area contributed by atoms with Crippen LogP contribution in [-0.2, 0) is 28.4 Å². The summed E-state index contributed by atoms with van der Waals surface area (Å²) in [7, 11) is 6.05. The van der Waals surface area contributed by atoms with Crippen LogP contribution in [0.5, 0.6) is 0 Å². The minimum absolute atomic E-state index is 0.147. The molecule has 0 amide bonds. The number of rotatable bonds is 8. The summed E-state index contributed by atoms with van der Waals surface area (Å²) in [5.41, 5.74) is 18.0. The van der Waals surface area contributed by atoms with E-state index in [4.69, 9.17) is 53.5 Å². The van der Waals surface area contributed by atoms with Gasteiger partial charge in [0.2, 0.25) is 0 Å². The predicted octanol–water partition coefficient (Wildman–Crippen LogP) is -5.90. The molecule has 41 heavy (non-hydrogen) atoms. The Bertz CT molecular complexity index is 853. The zero-order chi connectivity index (χ0) is 30.3. The molecule has 0 aromatic carbocycles. The zero-order valence-electron chi connectivity index (χ0n) is 23.0. The molecule has 1 saturated carbocycles. The first kappa shape index (κ1) is 33.3. The molecule has 3 saturated heterocycles. The largest absolute Gasteiger partial charge is 0.394 e. The van der Waals surface area contributed by atoms with Gasteiger partial charge in [0.15, 0.2) is 18.9 Å². The highest BCUT2D eigenvalue weighted by atomic mass is 16.8. The molecular weight excluding hydrogens is 549 g/mol. The Hall–Kier alpha value is -0.575. The van der Waals surface area contributed by atoms with Crippen molar-refractivity contribution in [3.05, 3.63) is 0 Å². The third kappa shape index (κ3) is 6.61. The van der Waals surface area contributed by atoms with E-state index in [1.54, 1.807) is 6.92 Å². The normalized spacial score (nSPS) is 54.8. The number of ether oxygens (including phenoxy) is 6. The van der Waals surface area contributed by atoms with Gasteiger partial charge in [-0.25, -0.2) is 0 Å². The molecule has 4 aliphatic rings. The number of aliphatic hydroxyl groups is 7. The summed E-state index contributed by atoms with van der Waals surface area (Å²) < 4.78 is 34.9. The van der Waals surface area contributed by atoms with Crippen molar-refractivity contribution in [2.24, 2.45) is 23.1 Å². The molecule has 0 bridgehead atoms. The molecule has 2 radical (unpaired) electrons. The lowest BCUT2D eigenvalue weighted by Crippen LogP contribution is -2.64. The van der Waals surface area contributed by atoms with Gasteiger partial charge in [-0.15, -0.1) is 0 Å². The SMILES string of the molecule is [B]C1[C@@H](O[C@@H]2C(N)C[C@@H](C)C(O)[C@H]2O[C@@H]2O[C@H](CO)[C@H](O[C@H]3O[C@@H](CN)[C@@H](O)C(O)C3N)C2O)OC(C)[C@@H](O)[C@@H]1O. The third-order valence-corrected chi connectivity index (χ3v) is 8.52. The maximum atomic E-state index is 11.1. The van der Waals surface area contributed by atoms with Crippen LogP contribution in [0.3, 0.4) is 0 Å². The summed E-state index contributed by atoms with van der Waals surface area (Å²) in [4.78, 5) is 0. The van der Waals surface area contributed by atoms with Crippen LogP contribution in [0.4, 0.5) is 0 Å². The van der Waals surface area contributed by atoms with E-state index < -0.39 is 117 Å². The standard InChI is InChI=1S/C24H44BN3O13/c1-6-3-8(27)19(39-22-11(25)16(33)14(31)7(2)36-22)21(13(6)30)41-24-18(35)20(10(5-29)38-24)40-23-12(28)17(34)15(32)9(4-26)37-23/h6-24,29-35H,3-5,26-28H2,1-2H3/t6-,7?,8?,9+,10-,11?,12?,13?,14-,15-,16-,17?,18?,19-,20+,21-,22-,23-,24+/m1/s1. The van der Waals surface area contributed by atoms with E-state index in [0.29, 0.717) is 6.42 Å². The second-order valence-corrected chi connectivity index (χ2v) is 11.5. The average Bonchev–Trinajstić information content (AvgIpc) is 3.24. The number of hydrogen-bond acceptors (Lipinski definition) is 16. The van der Waals surface area contributed by atoms with E-state index >= 15 is 0 Å². The molecule has 0 aromatic rings. The van der Waals surface area contributed by atoms with Gasteiger partial charge in [-0.3, -0.25) is 0 Å². The van der Waals surface area contributed by atoms with Gasteiger partial charge in [-0.2, -0.15) is 0 Å². The summed E-state index contributed by atoms with van der Waals surface area (Å²) in [5, 5.41) is 73.0. The van der Waals surface area contributed by atoms with Crippen LogP contribution in [0.1, 0.15) is 20.3 Å². The van der Waals surface area contributed by atoms with Crippen molar-refractivity contribution in [3.63, 3.8) is 0 Å². The van der Waals surface area contributed by atoms with Crippen molar-refractivity contribution in [3.8, 4) is 0 Å². The van der Waals surface area contributed by atoms with Crippen LogP contribution < -0.4 is 17.2 Å². The molecule has 7 unspecified atom stereocenters. The van der Waals surface area contributed by atoms with Gasteiger partial charge in [0.1, 0.15) is 54.9 Å². The van der Waals surface area contributed by atoms with Gasteiger partial charge in [0, 0.05) is 18.4 Å². The highest BCUT2D eigenvalue weighted by Gasteiger charge is 2.54. The first-order chi connectivity index (χ1) is 19.3. The lowest BCUT2D eigenvalue weighted by molar-refractivity contribution is -0.303. The van der Waals surface area contributed by atoms with Crippen LogP contribution in [0, 0.1) is 5.92 Å². The van der Waals surface area contributed by atoms with Crippen LogP contribution in [-0.4, -0.2) is 161 Å². The zero-order valence-corrected chi connectivity index (χ0v) is 23.0. The Balaban J connectivity index is 1.49. The Kier molecular flexibility index (Phi) is 11.1. The maximum absolute atomic E-state index is 11.1. The molecule has 16 nitrogen and oxygen atoms in total. The molecule has 1 aliphatic carbocycles. The van der Waals surface area contributed by atoms with E-state index in [9.17, 15) is 35.7 Å². The molecule has 17 heteroatoms. The molecule has 0 spiro atoms. The van der Waals surface area contributed by atoms with Gasteiger partial charge in [0.05, 0.1) is 38.8 Å². The molecular formula is C24H44BN3O13. The van der Waals surface area contributed by atoms with Crippen molar-refractivity contribution in [1.29, 1.82) is 0 Å². The second kappa shape index (κ2) is 13.6. The van der Waals surface area contributed by atoms with Crippen molar-refractivity contribution in [2.45, 2.75) is 130 Å². The highest BCUT2D eigenvalue weighted by Crippen LogP contribution is 2.37. The minimum Gasteiger partial charge on any atom is -0.394 e. The molecule has 19 atom stereocenters. The Morgan fingerprint density at radius 2 is 1.32 bits per heavy atom. The molecule has 4 fully saturated rings. The van der Waals surface area contributed by atoms with Crippen molar-refractivity contribution in [2.75, 3.05) is 13.2 Å². The fraction of sp³-hybridized carbons (Fsp3) is 1.00. The van der Waals surface area contributed by atoms with Crippen molar-refractivity contribution < 1.29 is 64.2 Å². The van der Waals surface area contributed by atoms with Crippen LogP contribution in [0.25, 0.3) is 0 Å². The predicted molar refractivity (Wildman–Crippen MR) is 138 cm³/mol. The van der Waals surface area contributed by atoms with Crippen LogP contribution >= 0.6 is 0 Å². The Morgan fingerprint density at radius 3 is 1.95 bits per heavy atom. The topological polar surface area (TPSA) is 275 Å². The summed E-state index contributed by atoms with van der Waals surface area (Å²) in [6.45, 7) is 2.54. The van der Waals surface area contributed by atoms with Gasteiger partial charge in [0.25, 0.3) is 0 Å². The first-order valence-electron chi connectivity index (χ1n) is 13.9. The number of aliphatic hydroxyl groups excluding tert-OH is 7. The second-order valence-electron chi connectivity index (χ2n) is 11.5. The minimum atomic E-state index is -1.55. The van der Waals surface area contributed by atoms with Crippen molar-refractivity contribution in [1.82, 2.24) is 0 Å². The Morgan fingerprint density at radius 1 is 0.707 bits per heavy atom. The van der Waals surface area contributed by atoms with Gasteiger partial charge in [-0.1, -0.05) is 6.92 Å². The molecule has 236 valence electrons. The summed E-state index contributed by atoms with van der Waals surface area (Å²) >= 11 is 0. The van der Waals surface area contributed by atoms with Gasteiger partial charge >= 0.3 is 0 Å². The fourth-order valence-corrected chi connectivity index (χ4v) is 5.84. The molecule has 13 N–H and O–H groups in total. The van der Waals surface area contributed by atoms with E-state index in [2.05, 4.69) is 0 Å². The smallest absolute Gasteiger partial charge is 0.187 e. The lowest BCUT2D eigenvalue weighted by Gasteiger charge is -2.47. The number of hydrogen-bond donors (Lipinski definition) is 10. The fourth-order valence-electron chi connectivity index (χ4n) is 5.84. The quantitative estimate of drug-likeness (QED) is 0.117. The van der Waals surface area contributed by atoms with Crippen LogP contribution in [0.15, 0.2) is 0 Å². The average molecular weight is 593 g/mol. The molecule has 3 heterocycles. The summed E-state index contributed by atoms with van der Waals surface area (Å²) in [6, 6.07) is -1.91. The Labute approximate surface area is 239 Å². The van der Waals surface area contributed by atoms with Gasteiger partial charge < -0.3 is 81.4 Å². The first-order valence-corrected chi connectivity index (χ1v) is 13.9. The third-order valence-electron chi connectivity index (χ3n) is 8.52. The monoisotopic (exact) mass is 593 g/mol. The van der Waals surface area contributed by atoms with E-state index in [0.717, 1.165) is 0 Å². The number of nitrogens with two attached hydrogens (primary N) is 3. The van der Waals surface area contributed by atoms with Crippen LogP contribution in [0.2, 0.25) is 5.82 Å². The van der Waals surface area contributed by atoms with E-state index in [1.807, 2.05) is 0 Å². The molecule has 0 aromatic heterocycles. The lowest BCUT2D eigenvalue weighted by atomic mass is 9.76. The van der Waals surface area contributed by atoms with Gasteiger partial charge in [-0.05, 0) is 19.3 Å². The van der Waals surface area contributed by atoms with Crippen molar-refractivity contribution >= 4 is 7.85 Å². The molecule has 3 aliphatic heterocycles. The highest BCUT2D eigenvalue weighted by molar-refractivity contribution is 6.12. The molecule has 4 rings (SSSR count). The van der Waals surface area contributed by atoms with E-state index in [-0.39, 0.29) is 12.5 Å². The van der Waals surface area contributed by atoms with E-state index in [1.165, 1.54) is 6.92 Å². The maximum Gasteiger partial charge on any atom is 0.187 e. The summed E-state index contributed by atoms with van der Waals surface area (Å²) in [5.74, 6) is -1.49.